The zero-order chi connectivity index (χ0) is 18.7. The molecule has 1 aromatic carbocycles. The summed E-state index contributed by atoms with van der Waals surface area (Å²) in [6.07, 6.45) is 2.64. The van der Waals surface area contributed by atoms with Crippen LogP contribution in [0.5, 0.6) is 0 Å². The molecule has 1 N–H and O–H groups in total. The topological polar surface area (TPSA) is 88.6 Å². The fraction of sp³-hybridized carbons (Fsp3) is 0.111. The number of ether oxygens (including phenoxy) is 1. The van der Waals surface area contributed by atoms with Crippen LogP contribution < -0.4 is 5.32 Å². The molecule has 0 saturated carbocycles. The molecule has 1 aromatic heterocycles. The number of rotatable bonds is 5. The zero-order valence-electron chi connectivity index (χ0n) is 13.7. The summed E-state index contributed by atoms with van der Waals surface area (Å²) in [4.78, 5) is 42.4. The maximum Gasteiger partial charge on any atom is 0.357 e. The number of nitrogens with zero attached hydrogens (tertiary/aromatic N) is 2. The van der Waals surface area contributed by atoms with Crippen LogP contribution in [0.1, 0.15) is 27.6 Å². The number of hydrogen-bond donors (Lipinski definition) is 1. The molecule has 3 rings (SSSR count). The SMILES string of the molecule is CCOC(=O)C(=CNc1ccc(Cl)cn1)N1C(=O)c2ccccc2C1=O. The van der Waals surface area contributed by atoms with E-state index < -0.39 is 17.8 Å². The Morgan fingerprint density at radius 1 is 1.19 bits per heavy atom. The molecule has 0 saturated heterocycles. The number of nitrogens with one attached hydrogen (secondary N) is 1. The predicted molar refractivity (Wildman–Crippen MR) is 94.5 cm³/mol. The quantitative estimate of drug-likeness (QED) is 0.494. The van der Waals surface area contributed by atoms with Crippen LogP contribution in [0.15, 0.2) is 54.5 Å². The van der Waals surface area contributed by atoms with Gasteiger partial charge in [-0.05, 0) is 31.2 Å². The molecule has 2 amide bonds. The lowest BCUT2D eigenvalue weighted by Gasteiger charge is -2.17. The standard InChI is InChI=1S/C18H14ClN3O4/c1-2-26-18(25)14(10-21-15-8-7-11(19)9-20-15)22-16(23)12-5-3-4-6-13(12)17(22)24/h3-10H,2H2,1H3,(H,20,21). The van der Waals surface area contributed by atoms with E-state index in [-0.39, 0.29) is 23.4 Å². The van der Waals surface area contributed by atoms with E-state index in [2.05, 4.69) is 10.3 Å². The van der Waals surface area contributed by atoms with Gasteiger partial charge in [0.05, 0.1) is 22.8 Å². The van der Waals surface area contributed by atoms with Crippen LogP contribution in [0.2, 0.25) is 5.02 Å². The van der Waals surface area contributed by atoms with Crippen LogP contribution in [0.3, 0.4) is 0 Å². The number of carbonyl (C=O) groups excluding carboxylic acids is 3. The van der Waals surface area contributed by atoms with Crippen LogP contribution in [-0.4, -0.2) is 34.3 Å². The normalized spacial score (nSPS) is 13.6. The Morgan fingerprint density at radius 2 is 1.85 bits per heavy atom. The third-order valence-electron chi connectivity index (χ3n) is 3.60. The number of anilines is 1. The van der Waals surface area contributed by atoms with Gasteiger partial charge in [-0.25, -0.2) is 14.7 Å². The molecule has 0 bridgehead atoms. The lowest BCUT2D eigenvalue weighted by atomic mass is 10.1. The van der Waals surface area contributed by atoms with Gasteiger partial charge < -0.3 is 10.1 Å². The van der Waals surface area contributed by atoms with Crippen molar-refractivity contribution >= 4 is 35.2 Å². The number of imide groups is 1. The van der Waals surface area contributed by atoms with Gasteiger partial charge >= 0.3 is 5.97 Å². The summed E-state index contributed by atoms with van der Waals surface area (Å²) in [6, 6.07) is 9.56. The van der Waals surface area contributed by atoms with Gasteiger partial charge in [0.1, 0.15) is 5.82 Å². The highest BCUT2D eigenvalue weighted by molar-refractivity contribution is 6.30. The van der Waals surface area contributed by atoms with Gasteiger partial charge in [-0.3, -0.25) is 9.59 Å². The first kappa shape index (κ1) is 17.6. The molecule has 0 spiro atoms. The molecule has 2 heterocycles. The molecular formula is C18H14ClN3O4. The third kappa shape index (κ3) is 3.29. The Hall–Kier alpha value is -3.19. The minimum Gasteiger partial charge on any atom is -0.461 e. The van der Waals surface area contributed by atoms with Gasteiger partial charge in [-0.15, -0.1) is 0 Å². The van der Waals surface area contributed by atoms with Gasteiger partial charge in [0.15, 0.2) is 5.70 Å². The predicted octanol–water partition coefficient (Wildman–Crippen LogP) is 2.85. The number of amides is 2. The van der Waals surface area contributed by atoms with Gasteiger partial charge in [-0.2, -0.15) is 0 Å². The first-order chi connectivity index (χ1) is 12.5. The minimum atomic E-state index is -0.802. The second kappa shape index (κ2) is 7.37. The molecular weight excluding hydrogens is 358 g/mol. The largest absolute Gasteiger partial charge is 0.461 e. The molecule has 0 aliphatic carbocycles. The number of pyridine rings is 1. The summed E-state index contributed by atoms with van der Waals surface area (Å²) in [5.74, 6) is -1.59. The fourth-order valence-electron chi connectivity index (χ4n) is 2.43. The number of benzene rings is 1. The monoisotopic (exact) mass is 371 g/mol. The maximum absolute atomic E-state index is 12.6. The molecule has 8 heteroatoms. The lowest BCUT2D eigenvalue weighted by Crippen LogP contribution is -2.34. The van der Waals surface area contributed by atoms with E-state index in [9.17, 15) is 14.4 Å². The molecule has 0 fully saturated rings. The van der Waals surface area contributed by atoms with Crippen LogP contribution in [0.25, 0.3) is 0 Å². The highest BCUT2D eigenvalue weighted by Gasteiger charge is 2.40. The van der Waals surface area contributed by atoms with E-state index in [4.69, 9.17) is 16.3 Å². The van der Waals surface area contributed by atoms with Crippen molar-refractivity contribution in [3.8, 4) is 0 Å². The molecule has 7 nitrogen and oxygen atoms in total. The van der Waals surface area contributed by atoms with Crippen molar-refractivity contribution in [1.82, 2.24) is 9.88 Å². The summed E-state index contributed by atoms with van der Waals surface area (Å²) < 4.78 is 4.98. The summed E-state index contributed by atoms with van der Waals surface area (Å²) in [5, 5.41) is 3.23. The Balaban J connectivity index is 1.95. The Morgan fingerprint density at radius 3 is 2.38 bits per heavy atom. The average Bonchev–Trinajstić information content (AvgIpc) is 2.89. The van der Waals surface area contributed by atoms with Crippen LogP contribution >= 0.6 is 11.6 Å². The zero-order valence-corrected chi connectivity index (χ0v) is 14.5. The molecule has 132 valence electrons. The fourth-order valence-corrected chi connectivity index (χ4v) is 2.54. The van der Waals surface area contributed by atoms with Crippen molar-refractivity contribution in [3.63, 3.8) is 0 Å². The van der Waals surface area contributed by atoms with E-state index in [0.29, 0.717) is 10.8 Å². The first-order valence-electron chi connectivity index (χ1n) is 7.76. The van der Waals surface area contributed by atoms with E-state index >= 15 is 0 Å². The van der Waals surface area contributed by atoms with Crippen molar-refractivity contribution in [1.29, 1.82) is 0 Å². The smallest absolute Gasteiger partial charge is 0.357 e. The van der Waals surface area contributed by atoms with Crippen LogP contribution in [-0.2, 0) is 9.53 Å². The molecule has 0 radical (unpaired) electrons. The van der Waals surface area contributed by atoms with Gasteiger partial charge in [0.25, 0.3) is 11.8 Å². The van der Waals surface area contributed by atoms with Crippen molar-refractivity contribution in [2.45, 2.75) is 6.92 Å². The summed E-state index contributed by atoms with van der Waals surface area (Å²) in [7, 11) is 0. The molecule has 1 aliphatic rings. The van der Waals surface area contributed by atoms with Crippen molar-refractivity contribution in [2.75, 3.05) is 11.9 Å². The summed E-state index contributed by atoms with van der Waals surface area (Å²) in [5.41, 5.74) is 0.240. The number of halogens is 1. The Labute approximate surface area is 154 Å². The number of fused-ring (bicyclic) bond motifs is 1. The maximum atomic E-state index is 12.6. The Bertz CT molecular complexity index is 874. The summed E-state index contributed by atoms with van der Waals surface area (Å²) in [6.45, 7) is 1.73. The van der Waals surface area contributed by atoms with Gasteiger partial charge in [-0.1, -0.05) is 23.7 Å². The van der Waals surface area contributed by atoms with Gasteiger partial charge in [0, 0.05) is 12.4 Å². The Kier molecular flexibility index (Phi) is 4.99. The molecule has 0 atom stereocenters. The molecule has 2 aromatic rings. The van der Waals surface area contributed by atoms with E-state index in [1.54, 1.807) is 31.2 Å². The number of aromatic nitrogens is 1. The van der Waals surface area contributed by atoms with Gasteiger partial charge in [0.2, 0.25) is 0 Å². The summed E-state index contributed by atoms with van der Waals surface area (Å²) >= 11 is 5.78. The lowest BCUT2D eigenvalue weighted by molar-refractivity contribution is -0.139. The number of hydrogen-bond acceptors (Lipinski definition) is 6. The molecule has 26 heavy (non-hydrogen) atoms. The highest BCUT2D eigenvalue weighted by Crippen LogP contribution is 2.26. The van der Waals surface area contributed by atoms with E-state index in [1.165, 1.54) is 24.5 Å². The van der Waals surface area contributed by atoms with E-state index in [0.717, 1.165) is 4.90 Å². The molecule has 1 aliphatic heterocycles. The van der Waals surface area contributed by atoms with E-state index in [1.807, 2.05) is 0 Å². The van der Waals surface area contributed by atoms with Crippen molar-refractivity contribution in [2.24, 2.45) is 0 Å². The number of esters is 1. The first-order valence-corrected chi connectivity index (χ1v) is 8.14. The second-order valence-electron chi connectivity index (χ2n) is 5.25. The second-order valence-corrected chi connectivity index (χ2v) is 5.68. The highest BCUT2D eigenvalue weighted by atomic mass is 35.5. The minimum absolute atomic E-state index is 0.0958. The van der Waals surface area contributed by atoms with Crippen molar-refractivity contribution in [3.05, 3.63) is 70.6 Å². The number of carbonyl (C=O) groups is 3. The van der Waals surface area contributed by atoms with Crippen molar-refractivity contribution < 1.29 is 19.1 Å². The molecule has 0 unspecified atom stereocenters. The third-order valence-corrected chi connectivity index (χ3v) is 3.83. The van der Waals surface area contributed by atoms with Crippen LogP contribution in [0.4, 0.5) is 5.82 Å². The average molecular weight is 372 g/mol. The van der Waals surface area contributed by atoms with Crippen LogP contribution in [0, 0.1) is 0 Å².